The van der Waals surface area contributed by atoms with E-state index in [9.17, 15) is 14.0 Å². The van der Waals surface area contributed by atoms with Gasteiger partial charge in [0, 0.05) is 27.2 Å². The van der Waals surface area contributed by atoms with E-state index in [-0.39, 0.29) is 17.6 Å². The van der Waals surface area contributed by atoms with Crippen LogP contribution in [-0.4, -0.2) is 61.5 Å². The van der Waals surface area contributed by atoms with Crippen LogP contribution in [0.2, 0.25) is 0 Å². The van der Waals surface area contributed by atoms with Gasteiger partial charge in [0.1, 0.15) is 11.9 Å². The van der Waals surface area contributed by atoms with Gasteiger partial charge in [-0.15, -0.1) is 0 Å². The van der Waals surface area contributed by atoms with E-state index in [2.05, 4.69) is 4.90 Å². The van der Waals surface area contributed by atoms with Crippen molar-refractivity contribution in [2.75, 3.05) is 33.7 Å². The molecule has 23 heavy (non-hydrogen) atoms. The van der Waals surface area contributed by atoms with E-state index in [0.29, 0.717) is 38.0 Å². The number of carbonyl (C=O) groups excluding carboxylic acids is 2. The second-order valence-electron chi connectivity index (χ2n) is 6.13. The summed E-state index contributed by atoms with van der Waals surface area (Å²) in [6.07, 6.45) is 1.18. The van der Waals surface area contributed by atoms with Crippen LogP contribution in [0.4, 0.5) is 4.39 Å². The zero-order valence-electron chi connectivity index (χ0n) is 13.8. The van der Waals surface area contributed by atoms with Crippen LogP contribution in [-0.2, 0) is 9.53 Å². The Balaban J connectivity index is 1.83. The van der Waals surface area contributed by atoms with Gasteiger partial charge in [-0.2, -0.15) is 0 Å². The molecule has 0 N–H and O–H groups in total. The SMILES string of the molecule is Cc1ccc(C(=O)OC2CCN(CC(=O)N(C)C)CC2)cc1F. The number of rotatable bonds is 4. The van der Waals surface area contributed by atoms with Crippen LogP contribution < -0.4 is 0 Å². The van der Waals surface area contributed by atoms with Gasteiger partial charge >= 0.3 is 5.97 Å². The zero-order chi connectivity index (χ0) is 17.0. The van der Waals surface area contributed by atoms with Gasteiger partial charge in [-0.05, 0) is 37.5 Å². The highest BCUT2D eigenvalue weighted by Gasteiger charge is 2.24. The molecule has 126 valence electrons. The molecule has 0 radical (unpaired) electrons. The van der Waals surface area contributed by atoms with Crippen molar-refractivity contribution in [1.82, 2.24) is 9.80 Å². The van der Waals surface area contributed by atoms with E-state index < -0.39 is 11.8 Å². The molecule has 2 rings (SSSR count). The van der Waals surface area contributed by atoms with Gasteiger partial charge in [0.05, 0.1) is 12.1 Å². The Morgan fingerprint density at radius 1 is 1.30 bits per heavy atom. The molecule has 0 aromatic heterocycles. The van der Waals surface area contributed by atoms with Gasteiger partial charge in [0.15, 0.2) is 0 Å². The molecule has 1 aromatic rings. The van der Waals surface area contributed by atoms with Crippen molar-refractivity contribution in [3.63, 3.8) is 0 Å². The summed E-state index contributed by atoms with van der Waals surface area (Å²) in [6.45, 7) is 3.45. The van der Waals surface area contributed by atoms with Crippen molar-refractivity contribution in [3.05, 3.63) is 35.1 Å². The number of nitrogens with zero attached hydrogens (tertiary/aromatic N) is 2. The predicted molar refractivity (Wildman–Crippen MR) is 84.7 cm³/mol. The molecule has 0 spiro atoms. The van der Waals surface area contributed by atoms with Crippen LogP contribution >= 0.6 is 0 Å². The highest BCUT2D eigenvalue weighted by Crippen LogP contribution is 2.17. The summed E-state index contributed by atoms with van der Waals surface area (Å²) in [7, 11) is 3.47. The molecule has 0 bridgehead atoms. The van der Waals surface area contributed by atoms with Crippen molar-refractivity contribution < 1.29 is 18.7 Å². The molecule has 1 aliphatic rings. The Labute approximate surface area is 136 Å². The Morgan fingerprint density at radius 3 is 2.52 bits per heavy atom. The molecule has 5 nitrogen and oxygen atoms in total. The van der Waals surface area contributed by atoms with Crippen molar-refractivity contribution in [2.45, 2.75) is 25.9 Å². The molecule has 1 heterocycles. The summed E-state index contributed by atoms with van der Waals surface area (Å²) in [4.78, 5) is 27.4. The summed E-state index contributed by atoms with van der Waals surface area (Å²) < 4.78 is 19.0. The summed E-state index contributed by atoms with van der Waals surface area (Å²) >= 11 is 0. The third-order valence-electron chi connectivity index (χ3n) is 4.07. The molecule has 6 heteroatoms. The van der Waals surface area contributed by atoms with Crippen LogP contribution in [0.15, 0.2) is 18.2 Å². The third kappa shape index (κ3) is 4.76. The van der Waals surface area contributed by atoms with Gasteiger partial charge in [0.25, 0.3) is 0 Å². The number of carbonyl (C=O) groups is 2. The van der Waals surface area contributed by atoms with Crippen molar-refractivity contribution in [3.8, 4) is 0 Å². The standard InChI is InChI=1S/C17H23FN2O3/c1-12-4-5-13(10-15(12)18)17(22)23-14-6-8-20(9-7-14)11-16(21)19(2)3/h4-5,10,14H,6-9,11H2,1-3H3. The van der Waals surface area contributed by atoms with Gasteiger partial charge in [-0.1, -0.05) is 6.07 Å². The van der Waals surface area contributed by atoms with Crippen molar-refractivity contribution in [2.24, 2.45) is 0 Å². The average Bonchev–Trinajstić information content (AvgIpc) is 2.51. The van der Waals surface area contributed by atoms with E-state index >= 15 is 0 Å². The number of likely N-dealkylation sites (tertiary alicyclic amines) is 1. The lowest BCUT2D eigenvalue weighted by atomic mass is 10.1. The first-order valence-corrected chi connectivity index (χ1v) is 7.76. The fourth-order valence-corrected chi connectivity index (χ4v) is 2.46. The number of benzene rings is 1. The molecule has 0 aliphatic carbocycles. The summed E-state index contributed by atoms with van der Waals surface area (Å²) in [5.41, 5.74) is 0.735. The summed E-state index contributed by atoms with van der Waals surface area (Å²) in [6, 6.07) is 4.36. The van der Waals surface area contributed by atoms with E-state index in [4.69, 9.17) is 4.74 Å². The highest BCUT2D eigenvalue weighted by atomic mass is 19.1. The minimum absolute atomic E-state index is 0.0653. The number of aryl methyl sites for hydroxylation is 1. The lowest BCUT2D eigenvalue weighted by Crippen LogP contribution is -2.43. The van der Waals surface area contributed by atoms with E-state index in [1.807, 2.05) is 0 Å². The smallest absolute Gasteiger partial charge is 0.338 e. The number of amides is 1. The molecule has 1 saturated heterocycles. The third-order valence-corrected chi connectivity index (χ3v) is 4.07. The van der Waals surface area contributed by atoms with Gasteiger partial charge in [-0.25, -0.2) is 9.18 Å². The first-order chi connectivity index (χ1) is 10.9. The molecular weight excluding hydrogens is 299 g/mol. The molecule has 0 unspecified atom stereocenters. The van der Waals surface area contributed by atoms with Crippen LogP contribution in [0, 0.1) is 12.7 Å². The minimum Gasteiger partial charge on any atom is -0.459 e. The Bertz CT molecular complexity index is 581. The van der Waals surface area contributed by atoms with Crippen LogP contribution in [0.1, 0.15) is 28.8 Å². The van der Waals surface area contributed by atoms with Gasteiger partial charge < -0.3 is 9.64 Å². The molecule has 1 amide bonds. The van der Waals surface area contributed by atoms with Crippen LogP contribution in [0.3, 0.4) is 0 Å². The first kappa shape index (κ1) is 17.4. The number of halogens is 1. The van der Waals surface area contributed by atoms with Gasteiger partial charge in [0.2, 0.25) is 5.91 Å². The fraction of sp³-hybridized carbons (Fsp3) is 0.529. The van der Waals surface area contributed by atoms with Gasteiger partial charge in [-0.3, -0.25) is 9.69 Å². The van der Waals surface area contributed by atoms with Crippen LogP contribution in [0.25, 0.3) is 0 Å². The highest BCUT2D eigenvalue weighted by molar-refractivity contribution is 5.89. The monoisotopic (exact) mass is 322 g/mol. The molecule has 0 saturated carbocycles. The number of likely N-dealkylation sites (N-methyl/N-ethyl adjacent to an activating group) is 1. The minimum atomic E-state index is -0.494. The maximum absolute atomic E-state index is 13.5. The average molecular weight is 322 g/mol. The maximum atomic E-state index is 13.5. The molecule has 0 atom stereocenters. The normalized spacial score (nSPS) is 16.2. The number of ether oxygens (including phenoxy) is 1. The Kier molecular flexibility index (Phi) is 5.71. The van der Waals surface area contributed by atoms with E-state index in [1.54, 1.807) is 38.1 Å². The number of hydrogen-bond donors (Lipinski definition) is 0. The van der Waals surface area contributed by atoms with Crippen LogP contribution in [0.5, 0.6) is 0 Å². The zero-order valence-corrected chi connectivity index (χ0v) is 13.8. The maximum Gasteiger partial charge on any atom is 0.338 e. The predicted octanol–water partition coefficient (Wildman–Crippen LogP) is 1.84. The number of hydrogen-bond acceptors (Lipinski definition) is 4. The second-order valence-corrected chi connectivity index (χ2v) is 6.13. The quantitative estimate of drug-likeness (QED) is 0.794. The molecule has 1 aliphatic heterocycles. The largest absolute Gasteiger partial charge is 0.459 e. The van der Waals surface area contributed by atoms with E-state index in [0.717, 1.165) is 0 Å². The Hall–Kier alpha value is -1.95. The van der Waals surface area contributed by atoms with Crippen molar-refractivity contribution in [1.29, 1.82) is 0 Å². The fourth-order valence-electron chi connectivity index (χ4n) is 2.46. The number of esters is 1. The van der Waals surface area contributed by atoms with E-state index in [1.165, 1.54) is 6.07 Å². The Morgan fingerprint density at radius 2 is 1.96 bits per heavy atom. The lowest BCUT2D eigenvalue weighted by molar-refractivity contribution is -0.130. The topological polar surface area (TPSA) is 49.9 Å². The molecular formula is C17H23FN2O3. The molecule has 1 fully saturated rings. The molecule has 1 aromatic carbocycles. The number of piperidine rings is 1. The second kappa shape index (κ2) is 7.55. The van der Waals surface area contributed by atoms with Crippen molar-refractivity contribution >= 4 is 11.9 Å². The first-order valence-electron chi connectivity index (χ1n) is 7.76. The summed E-state index contributed by atoms with van der Waals surface area (Å²) in [5.74, 6) is -0.834. The lowest BCUT2D eigenvalue weighted by Gasteiger charge is -2.31. The summed E-state index contributed by atoms with van der Waals surface area (Å²) in [5, 5.41) is 0.